The Morgan fingerprint density at radius 2 is 1.95 bits per heavy atom. The summed E-state index contributed by atoms with van der Waals surface area (Å²) in [6.45, 7) is 0.898. The standard InChI is InChI=1S/C11H17BrN2O4S2/c1-17-8-5-14(6-9(8)18-2)20(15,16)10-3-7(4-13)19-11(10)12/h3,8-9H,4-6,13H2,1-2H3. The minimum Gasteiger partial charge on any atom is -0.377 e. The number of methoxy groups -OCH3 is 2. The second kappa shape index (κ2) is 6.39. The highest BCUT2D eigenvalue weighted by Crippen LogP contribution is 2.34. The molecule has 0 bridgehead atoms. The van der Waals surface area contributed by atoms with Gasteiger partial charge in [-0.25, -0.2) is 8.42 Å². The van der Waals surface area contributed by atoms with E-state index in [1.54, 1.807) is 20.3 Å². The minimum atomic E-state index is -3.56. The molecule has 1 aromatic heterocycles. The van der Waals surface area contributed by atoms with Gasteiger partial charge in [0.15, 0.2) is 0 Å². The van der Waals surface area contributed by atoms with Crippen molar-refractivity contribution in [1.29, 1.82) is 0 Å². The van der Waals surface area contributed by atoms with E-state index in [9.17, 15) is 8.42 Å². The van der Waals surface area contributed by atoms with Crippen LogP contribution in [0.25, 0.3) is 0 Å². The number of nitrogens with two attached hydrogens (primary N) is 1. The first-order valence-corrected chi connectivity index (χ1v) is 9.03. The highest BCUT2D eigenvalue weighted by Gasteiger charge is 2.40. The molecule has 0 aromatic carbocycles. The van der Waals surface area contributed by atoms with Crippen molar-refractivity contribution in [2.75, 3.05) is 27.3 Å². The Kier molecular flexibility index (Phi) is 5.22. The van der Waals surface area contributed by atoms with Gasteiger partial charge in [-0.2, -0.15) is 4.31 Å². The van der Waals surface area contributed by atoms with Crippen LogP contribution in [0, 0.1) is 0 Å². The summed E-state index contributed by atoms with van der Waals surface area (Å²) in [7, 11) is -0.453. The Hall–Kier alpha value is -0.0300. The topological polar surface area (TPSA) is 81.9 Å². The van der Waals surface area contributed by atoms with Crippen LogP contribution in [0.15, 0.2) is 14.7 Å². The molecule has 0 amide bonds. The number of halogens is 1. The van der Waals surface area contributed by atoms with Crippen LogP contribution in [-0.4, -0.2) is 52.2 Å². The lowest BCUT2D eigenvalue weighted by atomic mass is 10.3. The third-order valence-electron chi connectivity index (χ3n) is 3.31. The van der Waals surface area contributed by atoms with Crippen molar-refractivity contribution in [3.05, 3.63) is 14.7 Å². The van der Waals surface area contributed by atoms with Crippen LogP contribution in [0.4, 0.5) is 0 Å². The van der Waals surface area contributed by atoms with Crippen molar-refractivity contribution in [2.45, 2.75) is 23.6 Å². The summed E-state index contributed by atoms with van der Waals surface area (Å²) in [5, 5.41) is 0. The molecule has 1 aliphatic heterocycles. The van der Waals surface area contributed by atoms with Gasteiger partial charge in [0.1, 0.15) is 4.90 Å². The maximum Gasteiger partial charge on any atom is 0.245 e. The molecule has 0 spiro atoms. The molecule has 2 N–H and O–H groups in total. The van der Waals surface area contributed by atoms with Gasteiger partial charge in [-0.15, -0.1) is 11.3 Å². The molecule has 9 heteroatoms. The number of hydrogen-bond donors (Lipinski definition) is 1. The monoisotopic (exact) mass is 384 g/mol. The van der Waals surface area contributed by atoms with E-state index in [0.717, 1.165) is 4.88 Å². The molecule has 1 fully saturated rings. The lowest BCUT2D eigenvalue weighted by Crippen LogP contribution is -2.30. The van der Waals surface area contributed by atoms with Gasteiger partial charge in [-0.05, 0) is 22.0 Å². The van der Waals surface area contributed by atoms with Crippen molar-refractivity contribution in [3.8, 4) is 0 Å². The Bertz CT molecular complexity index is 563. The average molecular weight is 385 g/mol. The molecule has 1 aromatic rings. The first kappa shape index (κ1) is 16.3. The summed E-state index contributed by atoms with van der Waals surface area (Å²) in [6.07, 6.45) is -0.498. The lowest BCUT2D eigenvalue weighted by Gasteiger charge is -2.15. The van der Waals surface area contributed by atoms with Gasteiger partial charge in [0.2, 0.25) is 10.0 Å². The summed E-state index contributed by atoms with van der Waals surface area (Å²) in [5.74, 6) is 0. The SMILES string of the molecule is COC1CN(S(=O)(=O)c2cc(CN)sc2Br)CC1OC. The summed E-state index contributed by atoms with van der Waals surface area (Å²) >= 11 is 4.64. The summed E-state index contributed by atoms with van der Waals surface area (Å²) in [4.78, 5) is 1.08. The maximum absolute atomic E-state index is 12.7. The number of ether oxygens (including phenoxy) is 2. The molecule has 2 heterocycles. The number of nitrogens with zero attached hydrogens (tertiary/aromatic N) is 1. The van der Waals surface area contributed by atoms with Crippen LogP contribution >= 0.6 is 27.3 Å². The molecule has 2 atom stereocenters. The first-order chi connectivity index (χ1) is 9.43. The van der Waals surface area contributed by atoms with E-state index in [4.69, 9.17) is 15.2 Å². The van der Waals surface area contributed by atoms with Gasteiger partial charge in [-0.3, -0.25) is 0 Å². The van der Waals surface area contributed by atoms with E-state index in [-0.39, 0.29) is 30.2 Å². The smallest absolute Gasteiger partial charge is 0.245 e. The maximum atomic E-state index is 12.7. The molecule has 0 aliphatic carbocycles. The fourth-order valence-electron chi connectivity index (χ4n) is 2.17. The predicted molar refractivity (Wildman–Crippen MR) is 80.3 cm³/mol. The van der Waals surface area contributed by atoms with Crippen LogP contribution < -0.4 is 5.73 Å². The highest BCUT2D eigenvalue weighted by molar-refractivity contribution is 9.11. The molecule has 2 rings (SSSR count). The quantitative estimate of drug-likeness (QED) is 0.818. The van der Waals surface area contributed by atoms with E-state index in [1.165, 1.54) is 15.6 Å². The molecule has 2 unspecified atom stereocenters. The Morgan fingerprint density at radius 1 is 1.40 bits per heavy atom. The summed E-state index contributed by atoms with van der Waals surface area (Å²) in [6, 6.07) is 1.62. The fraction of sp³-hybridized carbons (Fsp3) is 0.636. The fourth-order valence-corrected chi connectivity index (χ4v) is 6.15. The Morgan fingerprint density at radius 3 is 2.35 bits per heavy atom. The first-order valence-electron chi connectivity index (χ1n) is 5.98. The molecule has 0 saturated carbocycles. The van der Waals surface area contributed by atoms with Crippen molar-refractivity contribution in [1.82, 2.24) is 4.31 Å². The number of rotatable bonds is 5. The predicted octanol–water partition coefficient (Wildman–Crippen LogP) is 1.00. The molecule has 0 radical (unpaired) electrons. The van der Waals surface area contributed by atoms with Crippen LogP contribution in [-0.2, 0) is 26.0 Å². The zero-order chi connectivity index (χ0) is 14.9. The molecular formula is C11H17BrN2O4S2. The molecule has 20 heavy (non-hydrogen) atoms. The summed E-state index contributed by atoms with van der Waals surface area (Å²) < 4.78 is 37.8. The third-order valence-corrected chi connectivity index (χ3v) is 7.42. The van der Waals surface area contributed by atoms with Gasteiger partial charge in [0.25, 0.3) is 0 Å². The van der Waals surface area contributed by atoms with Gasteiger partial charge in [0.05, 0.1) is 16.0 Å². The molecule has 1 saturated heterocycles. The van der Waals surface area contributed by atoms with Crippen LogP contribution in [0.3, 0.4) is 0 Å². The lowest BCUT2D eigenvalue weighted by molar-refractivity contribution is -0.00461. The van der Waals surface area contributed by atoms with E-state index >= 15 is 0 Å². The molecule has 1 aliphatic rings. The van der Waals surface area contributed by atoms with Crippen LogP contribution in [0.5, 0.6) is 0 Å². The van der Waals surface area contributed by atoms with Crippen molar-refractivity contribution in [3.63, 3.8) is 0 Å². The van der Waals surface area contributed by atoms with Crippen molar-refractivity contribution in [2.24, 2.45) is 5.73 Å². The highest BCUT2D eigenvalue weighted by atomic mass is 79.9. The van der Waals surface area contributed by atoms with Gasteiger partial charge < -0.3 is 15.2 Å². The van der Waals surface area contributed by atoms with E-state index in [2.05, 4.69) is 15.9 Å². The zero-order valence-corrected chi connectivity index (χ0v) is 14.4. The zero-order valence-electron chi connectivity index (χ0n) is 11.2. The number of hydrogen-bond acceptors (Lipinski definition) is 6. The summed E-state index contributed by atoms with van der Waals surface area (Å²) in [5.41, 5.74) is 5.56. The number of sulfonamides is 1. The minimum absolute atomic E-state index is 0.249. The van der Waals surface area contributed by atoms with Crippen LogP contribution in [0.2, 0.25) is 0 Å². The number of thiophene rings is 1. The van der Waals surface area contributed by atoms with Crippen molar-refractivity contribution >= 4 is 37.3 Å². The molecule has 6 nitrogen and oxygen atoms in total. The van der Waals surface area contributed by atoms with E-state index in [0.29, 0.717) is 10.3 Å². The van der Waals surface area contributed by atoms with Gasteiger partial charge in [-0.1, -0.05) is 0 Å². The third kappa shape index (κ3) is 2.94. The Balaban J connectivity index is 2.29. The second-order valence-electron chi connectivity index (χ2n) is 4.43. The van der Waals surface area contributed by atoms with Crippen LogP contribution in [0.1, 0.15) is 4.88 Å². The van der Waals surface area contributed by atoms with E-state index in [1.807, 2.05) is 0 Å². The molecular weight excluding hydrogens is 368 g/mol. The van der Waals surface area contributed by atoms with Gasteiger partial charge in [0, 0.05) is 38.7 Å². The van der Waals surface area contributed by atoms with Gasteiger partial charge >= 0.3 is 0 Å². The largest absolute Gasteiger partial charge is 0.377 e. The normalized spacial score (nSPS) is 24.4. The van der Waals surface area contributed by atoms with E-state index < -0.39 is 10.0 Å². The Labute approximate surface area is 131 Å². The average Bonchev–Trinajstić information content (AvgIpc) is 3.01. The van der Waals surface area contributed by atoms with Crippen molar-refractivity contribution < 1.29 is 17.9 Å². The second-order valence-corrected chi connectivity index (χ2v) is 8.79. The molecule has 114 valence electrons.